The van der Waals surface area contributed by atoms with Gasteiger partial charge in [-0.15, -0.1) is 0 Å². The van der Waals surface area contributed by atoms with Crippen molar-refractivity contribution in [2.75, 3.05) is 38.0 Å². The van der Waals surface area contributed by atoms with E-state index in [1.54, 1.807) is 7.11 Å². The summed E-state index contributed by atoms with van der Waals surface area (Å²) in [6, 6.07) is 5.49. The standard InChI is InChI=1S/C16H27N3O2/c1-5-6-7-8-12-17-16(20)18-15-13(19(2)3)10-9-11-14(15)21-4/h9-11H,5-8,12H2,1-4H3,(H2,17,18,20). The normalized spacial score (nSPS) is 10.1. The van der Waals surface area contributed by atoms with Gasteiger partial charge in [0.2, 0.25) is 0 Å². The quantitative estimate of drug-likeness (QED) is 0.722. The van der Waals surface area contributed by atoms with Crippen molar-refractivity contribution in [3.8, 4) is 5.75 Å². The summed E-state index contributed by atoms with van der Waals surface area (Å²) in [6.45, 7) is 2.86. The third-order valence-corrected chi connectivity index (χ3v) is 3.26. The van der Waals surface area contributed by atoms with Crippen molar-refractivity contribution in [3.05, 3.63) is 18.2 Å². The number of urea groups is 1. The first-order valence-corrected chi connectivity index (χ1v) is 7.49. The molecule has 0 heterocycles. The van der Waals surface area contributed by atoms with Crippen molar-refractivity contribution in [2.24, 2.45) is 0 Å². The highest BCUT2D eigenvalue weighted by molar-refractivity contribution is 5.95. The van der Waals surface area contributed by atoms with Crippen LogP contribution in [0.25, 0.3) is 0 Å². The van der Waals surface area contributed by atoms with Crippen LogP contribution in [0.5, 0.6) is 5.75 Å². The number of amides is 2. The Morgan fingerprint density at radius 2 is 2.00 bits per heavy atom. The molecular weight excluding hydrogens is 266 g/mol. The maximum atomic E-state index is 12.0. The van der Waals surface area contributed by atoms with E-state index in [1.807, 2.05) is 37.2 Å². The Bertz CT molecular complexity index is 447. The number of carbonyl (C=O) groups excluding carboxylic acids is 1. The van der Waals surface area contributed by atoms with Crippen LogP contribution in [0.3, 0.4) is 0 Å². The maximum Gasteiger partial charge on any atom is 0.319 e. The van der Waals surface area contributed by atoms with Gasteiger partial charge in [0.1, 0.15) is 11.4 Å². The first-order valence-electron chi connectivity index (χ1n) is 7.49. The topological polar surface area (TPSA) is 53.6 Å². The highest BCUT2D eigenvalue weighted by Crippen LogP contribution is 2.33. The molecule has 5 heteroatoms. The van der Waals surface area contributed by atoms with E-state index in [9.17, 15) is 4.79 Å². The second kappa shape index (κ2) is 9.10. The highest BCUT2D eigenvalue weighted by atomic mass is 16.5. The zero-order chi connectivity index (χ0) is 15.7. The van der Waals surface area contributed by atoms with E-state index in [0.29, 0.717) is 18.0 Å². The number of benzene rings is 1. The number of nitrogens with one attached hydrogen (secondary N) is 2. The molecule has 118 valence electrons. The van der Waals surface area contributed by atoms with E-state index >= 15 is 0 Å². The van der Waals surface area contributed by atoms with Gasteiger partial charge in [0.25, 0.3) is 0 Å². The third kappa shape index (κ3) is 5.53. The number of ether oxygens (including phenoxy) is 1. The van der Waals surface area contributed by atoms with E-state index in [0.717, 1.165) is 18.5 Å². The summed E-state index contributed by atoms with van der Waals surface area (Å²) in [4.78, 5) is 13.9. The number of anilines is 2. The van der Waals surface area contributed by atoms with Crippen molar-refractivity contribution in [2.45, 2.75) is 32.6 Å². The summed E-state index contributed by atoms with van der Waals surface area (Å²) in [5.41, 5.74) is 1.60. The highest BCUT2D eigenvalue weighted by Gasteiger charge is 2.13. The molecule has 1 aromatic rings. The Morgan fingerprint density at radius 3 is 2.62 bits per heavy atom. The Hall–Kier alpha value is -1.91. The van der Waals surface area contributed by atoms with Gasteiger partial charge in [-0.05, 0) is 18.6 Å². The second-order valence-electron chi connectivity index (χ2n) is 5.19. The van der Waals surface area contributed by atoms with Gasteiger partial charge in [-0.1, -0.05) is 32.3 Å². The summed E-state index contributed by atoms with van der Waals surface area (Å²) in [7, 11) is 5.47. The lowest BCUT2D eigenvalue weighted by Gasteiger charge is -2.20. The smallest absolute Gasteiger partial charge is 0.319 e. The van der Waals surface area contributed by atoms with Gasteiger partial charge in [0.15, 0.2) is 0 Å². The average molecular weight is 293 g/mol. The minimum absolute atomic E-state index is 0.195. The largest absolute Gasteiger partial charge is 0.494 e. The van der Waals surface area contributed by atoms with Crippen LogP contribution in [0.4, 0.5) is 16.2 Å². The summed E-state index contributed by atoms with van der Waals surface area (Å²) < 4.78 is 5.33. The molecule has 0 atom stereocenters. The molecule has 0 aliphatic carbocycles. The van der Waals surface area contributed by atoms with Gasteiger partial charge < -0.3 is 20.3 Å². The van der Waals surface area contributed by atoms with Gasteiger partial charge in [-0.3, -0.25) is 0 Å². The molecule has 21 heavy (non-hydrogen) atoms. The summed E-state index contributed by atoms with van der Waals surface area (Å²) in [5, 5.41) is 5.77. The third-order valence-electron chi connectivity index (χ3n) is 3.26. The Balaban J connectivity index is 2.62. The van der Waals surface area contributed by atoms with Crippen molar-refractivity contribution >= 4 is 17.4 Å². The van der Waals surface area contributed by atoms with E-state index < -0.39 is 0 Å². The average Bonchev–Trinajstić information content (AvgIpc) is 2.47. The van der Waals surface area contributed by atoms with Crippen LogP contribution in [-0.2, 0) is 0 Å². The SMILES string of the molecule is CCCCCCNC(=O)Nc1c(OC)cccc1N(C)C. The molecule has 0 aliphatic rings. The molecule has 2 N–H and O–H groups in total. The first kappa shape index (κ1) is 17.1. The molecule has 0 spiro atoms. The molecule has 0 aromatic heterocycles. The molecule has 2 amide bonds. The number of hydrogen-bond acceptors (Lipinski definition) is 3. The number of para-hydroxylation sites is 1. The van der Waals surface area contributed by atoms with E-state index in [-0.39, 0.29) is 6.03 Å². The summed E-state index contributed by atoms with van der Waals surface area (Å²) in [6.07, 6.45) is 4.56. The van der Waals surface area contributed by atoms with Crippen LogP contribution in [0.15, 0.2) is 18.2 Å². The number of carbonyl (C=O) groups is 1. The number of nitrogens with zero attached hydrogens (tertiary/aromatic N) is 1. The predicted octanol–water partition coefficient (Wildman–Crippen LogP) is 3.46. The Labute approximate surface area is 127 Å². The zero-order valence-corrected chi connectivity index (χ0v) is 13.5. The summed E-state index contributed by atoms with van der Waals surface area (Å²) >= 11 is 0. The van der Waals surface area contributed by atoms with Crippen LogP contribution in [0.2, 0.25) is 0 Å². The van der Waals surface area contributed by atoms with Crippen molar-refractivity contribution < 1.29 is 9.53 Å². The Morgan fingerprint density at radius 1 is 1.24 bits per heavy atom. The van der Waals surface area contributed by atoms with Gasteiger partial charge in [0, 0.05) is 20.6 Å². The lowest BCUT2D eigenvalue weighted by atomic mass is 10.2. The molecule has 0 saturated heterocycles. The molecule has 0 saturated carbocycles. The lowest BCUT2D eigenvalue weighted by molar-refractivity contribution is 0.251. The number of unbranched alkanes of at least 4 members (excludes halogenated alkanes) is 3. The fourth-order valence-electron chi connectivity index (χ4n) is 2.10. The molecule has 0 bridgehead atoms. The van der Waals surface area contributed by atoms with Crippen molar-refractivity contribution in [3.63, 3.8) is 0 Å². The maximum absolute atomic E-state index is 12.0. The fraction of sp³-hybridized carbons (Fsp3) is 0.562. The number of hydrogen-bond donors (Lipinski definition) is 2. The molecule has 0 radical (unpaired) electrons. The summed E-state index contributed by atoms with van der Waals surface area (Å²) in [5.74, 6) is 0.655. The van der Waals surface area contributed by atoms with Crippen molar-refractivity contribution in [1.29, 1.82) is 0 Å². The number of rotatable bonds is 8. The minimum atomic E-state index is -0.195. The van der Waals surface area contributed by atoms with Gasteiger partial charge in [0.05, 0.1) is 12.8 Å². The van der Waals surface area contributed by atoms with Crippen LogP contribution in [-0.4, -0.2) is 33.8 Å². The van der Waals surface area contributed by atoms with Crippen LogP contribution >= 0.6 is 0 Å². The molecule has 5 nitrogen and oxygen atoms in total. The minimum Gasteiger partial charge on any atom is -0.494 e. The molecule has 1 rings (SSSR count). The monoisotopic (exact) mass is 293 g/mol. The first-order chi connectivity index (χ1) is 10.1. The van der Waals surface area contributed by atoms with E-state index in [1.165, 1.54) is 12.8 Å². The lowest BCUT2D eigenvalue weighted by Crippen LogP contribution is -2.30. The van der Waals surface area contributed by atoms with Gasteiger partial charge >= 0.3 is 6.03 Å². The van der Waals surface area contributed by atoms with Crippen LogP contribution < -0.4 is 20.3 Å². The van der Waals surface area contributed by atoms with Crippen LogP contribution in [0, 0.1) is 0 Å². The zero-order valence-electron chi connectivity index (χ0n) is 13.5. The van der Waals surface area contributed by atoms with Gasteiger partial charge in [-0.25, -0.2) is 4.79 Å². The van der Waals surface area contributed by atoms with Crippen molar-refractivity contribution in [1.82, 2.24) is 5.32 Å². The fourth-order valence-corrected chi connectivity index (χ4v) is 2.10. The van der Waals surface area contributed by atoms with E-state index in [4.69, 9.17) is 4.74 Å². The van der Waals surface area contributed by atoms with Crippen LogP contribution in [0.1, 0.15) is 32.6 Å². The predicted molar refractivity (Wildman–Crippen MR) is 88.5 cm³/mol. The van der Waals surface area contributed by atoms with E-state index in [2.05, 4.69) is 17.6 Å². The Kier molecular flexibility index (Phi) is 7.43. The number of methoxy groups -OCH3 is 1. The van der Waals surface area contributed by atoms with Gasteiger partial charge in [-0.2, -0.15) is 0 Å². The molecule has 0 aliphatic heterocycles. The molecule has 1 aromatic carbocycles. The molecule has 0 fully saturated rings. The molecular formula is C16H27N3O2. The second-order valence-corrected chi connectivity index (χ2v) is 5.19. The molecule has 0 unspecified atom stereocenters.